The second kappa shape index (κ2) is 5.16. The number of carbonyl (C=O) groups excluding carboxylic acids is 1. The fraction of sp³-hybridized carbons (Fsp3) is 0.533. The van der Waals surface area contributed by atoms with Crippen LogP contribution in [-0.2, 0) is 20.2 Å². The molecule has 0 aliphatic carbocycles. The number of benzene rings is 1. The zero-order valence-corrected chi connectivity index (χ0v) is 12.2. The normalized spacial score (nSPS) is 33.8. The first kappa shape index (κ1) is 15.0. The van der Waals surface area contributed by atoms with Crippen molar-refractivity contribution in [1.82, 2.24) is 0 Å². The number of rotatable bonds is 3. The largest absolute Gasteiger partial charge is 0.497 e. The molecule has 1 saturated heterocycles. The van der Waals surface area contributed by atoms with Gasteiger partial charge in [-0.2, -0.15) is 4.89 Å². The first-order valence-corrected chi connectivity index (χ1v) is 6.53. The molecule has 5 heteroatoms. The van der Waals surface area contributed by atoms with Crippen LogP contribution in [0.1, 0.15) is 32.8 Å². The molecule has 1 aromatic carbocycles. The number of hydrogen-bond acceptors (Lipinski definition) is 5. The molecule has 1 aliphatic heterocycles. The number of Topliss-reactive ketones (excluding diaryl/α,β-unsaturated/α-hetero) is 1. The van der Waals surface area contributed by atoms with Crippen LogP contribution in [0.25, 0.3) is 0 Å². The van der Waals surface area contributed by atoms with Gasteiger partial charge in [0.1, 0.15) is 17.1 Å². The molecule has 0 spiro atoms. The van der Waals surface area contributed by atoms with Gasteiger partial charge in [-0.15, -0.1) is 0 Å². The van der Waals surface area contributed by atoms with Gasteiger partial charge in [0.05, 0.1) is 13.0 Å². The fourth-order valence-electron chi connectivity index (χ4n) is 2.48. The lowest BCUT2D eigenvalue weighted by Crippen LogP contribution is -2.51. The van der Waals surface area contributed by atoms with Gasteiger partial charge in [0.2, 0.25) is 5.79 Å². The molecule has 0 saturated carbocycles. The van der Waals surface area contributed by atoms with Gasteiger partial charge in [0.15, 0.2) is 0 Å². The van der Waals surface area contributed by atoms with Gasteiger partial charge in [-0.25, -0.2) is 4.89 Å². The second-order valence-corrected chi connectivity index (χ2v) is 5.55. The Morgan fingerprint density at radius 1 is 1.30 bits per heavy atom. The molecule has 5 nitrogen and oxygen atoms in total. The van der Waals surface area contributed by atoms with E-state index in [1.54, 1.807) is 7.11 Å². The lowest BCUT2D eigenvalue weighted by atomic mass is 9.80. The Bertz CT molecular complexity index is 493. The predicted molar refractivity (Wildman–Crippen MR) is 71.9 cm³/mol. The first-order chi connectivity index (χ1) is 9.28. The van der Waals surface area contributed by atoms with Crippen LogP contribution in [-0.4, -0.2) is 23.8 Å². The minimum absolute atomic E-state index is 0.127. The highest BCUT2D eigenvalue weighted by Gasteiger charge is 2.49. The molecule has 0 amide bonds. The Labute approximate surface area is 118 Å². The summed E-state index contributed by atoms with van der Waals surface area (Å²) >= 11 is 0. The third kappa shape index (κ3) is 2.70. The van der Waals surface area contributed by atoms with Crippen LogP contribution in [0.15, 0.2) is 24.3 Å². The lowest BCUT2D eigenvalue weighted by Gasteiger charge is -2.43. The van der Waals surface area contributed by atoms with E-state index in [1.807, 2.05) is 31.2 Å². The van der Waals surface area contributed by atoms with Crippen molar-refractivity contribution in [3.05, 3.63) is 29.8 Å². The van der Waals surface area contributed by atoms with Gasteiger partial charge in [-0.3, -0.25) is 4.79 Å². The third-order valence-corrected chi connectivity index (χ3v) is 3.83. The van der Waals surface area contributed by atoms with E-state index in [4.69, 9.17) is 14.5 Å². The zero-order chi connectivity index (χ0) is 15.0. The van der Waals surface area contributed by atoms with Crippen LogP contribution >= 0.6 is 0 Å². The summed E-state index contributed by atoms with van der Waals surface area (Å²) < 4.78 is 5.12. The Morgan fingerprint density at radius 3 is 2.40 bits per heavy atom. The van der Waals surface area contributed by atoms with E-state index in [0.29, 0.717) is 6.42 Å². The van der Waals surface area contributed by atoms with Crippen molar-refractivity contribution in [2.75, 3.05) is 7.11 Å². The van der Waals surface area contributed by atoms with Crippen LogP contribution in [0, 0.1) is 5.92 Å². The van der Waals surface area contributed by atoms with E-state index >= 15 is 0 Å². The maximum Gasteiger partial charge on any atom is 0.206 e. The summed E-state index contributed by atoms with van der Waals surface area (Å²) in [5, 5.41) is 10.1. The molecular weight excluding hydrogens is 260 g/mol. The Balaban J connectivity index is 2.28. The molecule has 1 N–H and O–H groups in total. The molecule has 1 heterocycles. The Morgan fingerprint density at radius 2 is 1.90 bits per heavy atom. The molecule has 1 aliphatic rings. The van der Waals surface area contributed by atoms with Gasteiger partial charge in [0, 0.05) is 0 Å². The van der Waals surface area contributed by atoms with E-state index in [9.17, 15) is 9.90 Å². The van der Waals surface area contributed by atoms with Crippen molar-refractivity contribution in [1.29, 1.82) is 0 Å². The second-order valence-electron chi connectivity index (χ2n) is 5.55. The molecular formula is C15H20O5. The highest BCUT2D eigenvalue weighted by Crippen LogP contribution is 2.43. The topological polar surface area (TPSA) is 65.0 Å². The van der Waals surface area contributed by atoms with Crippen LogP contribution in [0.3, 0.4) is 0 Å². The summed E-state index contributed by atoms with van der Waals surface area (Å²) in [6.45, 7) is 4.72. The number of ether oxygens (including phenoxy) is 1. The summed E-state index contributed by atoms with van der Waals surface area (Å²) in [7, 11) is 1.60. The summed E-state index contributed by atoms with van der Waals surface area (Å²) in [5.41, 5.74) is 0.0743. The molecule has 3 unspecified atom stereocenters. The van der Waals surface area contributed by atoms with Crippen LogP contribution < -0.4 is 4.74 Å². The average molecular weight is 280 g/mol. The van der Waals surface area contributed by atoms with E-state index in [-0.39, 0.29) is 5.78 Å². The monoisotopic (exact) mass is 280 g/mol. The average Bonchev–Trinajstić information content (AvgIpc) is 2.41. The van der Waals surface area contributed by atoms with Gasteiger partial charge in [0.25, 0.3) is 0 Å². The van der Waals surface area contributed by atoms with E-state index in [1.165, 1.54) is 13.8 Å². The SMILES string of the molecule is COc1ccc(C2(C)CC(C(C)=O)C(C)(O)OO2)cc1. The number of methoxy groups -OCH3 is 1. The van der Waals surface area contributed by atoms with Crippen molar-refractivity contribution in [3.63, 3.8) is 0 Å². The molecule has 110 valence electrons. The maximum atomic E-state index is 11.7. The molecule has 3 atom stereocenters. The first-order valence-electron chi connectivity index (χ1n) is 6.53. The molecule has 1 fully saturated rings. The number of hydrogen-bond donors (Lipinski definition) is 1. The molecule has 0 bridgehead atoms. The third-order valence-electron chi connectivity index (χ3n) is 3.83. The van der Waals surface area contributed by atoms with Crippen molar-refractivity contribution < 1.29 is 24.4 Å². The molecule has 1 aromatic rings. The van der Waals surface area contributed by atoms with Crippen LogP contribution in [0.2, 0.25) is 0 Å². The predicted octanol–water partition coefficient (Wildman–Crippen LogP) is 2.18. The molecule has 0 radical (unpaired) electrons. The van der Waals surface area contributed by atoms with Crippen LogP contribution in [0.5, 0.6) is 5.75 Å². The van der Waals surface area contributed by atoms with E-state index < -0.39 is 17.3 Å². The smallest absolute Gasteiger partial charge is 0.206 e. The number of ketones is 1. The van der Waals surface area contributed by atoms with Gasteiger partial charge < -0.3 is 9.84 Å². The van der Waals surface area contributed by atoms with E-state index in [0.717, 1.165) is 11.3 Å². The molecule has 0 aromatic heterocycles. The van der Waals surface area contributed by atoms with Crippen molar-refractivity contribution in [2.24, 2.45) is 5.92 Å². The van der Waals surface area contributed by atoms with Gasteiger partial charge >= 0.3 is 0 Å². The number of carbonyl (C=O) groups is 1. The summed E-state index contributed by atoms with van der Waals surface area (Å²) in [4.78, 5) is 22.2. The summed E-state index contributed by atoms with van der Waals surface area (Å²) in [6, 6.07) is 7.36. The number of aliphatic hydroxyl groups is 1. The quantitative estimate of drug-likeness (QED) is 0.860. The Kier molecular flexibility index (Phi) is 3.86. The summed E-state index contributed by atoms with van der Waals surface area (Å²) in [5.74, 6) is -1.62. The molecule has 2 rings (SSSR count). The highest BCUT2D eigenvalue weighted by atomic mass is 17.2. The minimum atomic E-state index is -1.60. The van der Waals surface area contributed by atoms with Crippen LogP contribution in [0.4, 0.5) is 0 Å². The maximum absolute atomic E-state index is 11.7. The zero-order valence-electron chi connectivity index (χ0n) is 12.2. The molecule has 20 heavy (non-hydrogen) atoms. The lowest BCUT2D eigenvalue weighted by molar-refractivity contribution is -0.492. The van der Waals surface area contributed by atoms with Gasteiger partial charge in [-0.05, 0) is 44.9 Å². The summed E-state index contributed by atoms with van der Waals surface area (Å²) in [6.07, 6.45) is 0.349. The van der Waals surface area contributed by atoms with E-state index in [2.05, 4.69) is 0 Å². The fourth-order valence-corrected chi connectivity index (χ4v) is 2.48. The Hall–Kier alpha value is -1.43. The van der Waals surface area contributed by atoms with Crippen molar-refractivity contribution >= 4 is 5.78 Å². The van der Waals surface area contributed by atoms with Crippen molar-refractivity contribution in [2.45, 2.75) is 38.6 Å². The standard InChI is InChI=1S/C15H20O5/c1-10(16)13-9-14(2,19-20-15(13,3)17)11-5-7-12(18-4)8-6-11/h5-8,13,17H,9H2,1-4H3. The van der Waals surface area contributed by atoms with Gasteiger partial charge in [-0.1, -0.05) is 12.1 Å². The van der Waals surface area contributed by atoms with Crippen molar-refractivity contribution in [3.8, 4) is 5.75 Å². The highest BCUT2D eigenvalue weighted by molar-refractivity contribution is 5.79. The minimum Gasteiger partial charge on any atom is -0.497 e.